The van der Waals surface area contributed by atoms with Gasteiger partial charge in [-0.15, -0.1) is 11.3 Å². The lowest BCUT2D eigenvalue weighted by atomic mass is 10.0. The third kappa shape index (κ3) is 7.33. The highest BCUT2D eigenvalue weighted by molar-refractivity contribution is 7.91. The summed E-state index contributed by atoms with van der Waals surface area (Å²) in [5, 5.41) is 6.63. The largest absolute Gasteiger partial charge is 0.354 e. The molecule has 1 unspecified atom stereocenters. The molecule has 0 amide bonds. The van der Waals surface area contributed by atoms with E-state index in [2.05, 4.69) is 36.4 Å². The zero-order chi connectivity index (χ0) is 19.0. The van der Waals surface area contributed by atoms with Gasteiger partial charge in [-0.3, -0.25) is 4.99 Å². The SMILES string of the molecule is CN=C(NCc1ccc(S(=O)(=O)N(C)C)s1)NC(C)CCCC(C)C. The molecule has 0 fully saturated rings. The first-order valence-corrected chi connectivity index (χ1v) is 10.9. The molecule has 1 heterocycles. The first kappa shape index (κ1) is 21.9. The Balaban J connectivity index is 2.52. The van der Waals surface area contributed by atoms with Crippen molar-refractivity contribution >= 4 is 27.3 Å². The minimum Gasteiger partial charge on any atom is -0.354 e. The molecule has 0 aliphatic heterocycles. The van der Waals surface area contributed by atoms with E-state index >= 15 is 0 Å². The Morgan fingerprint density at radius 1 is 1.24 bits per heavy atom. The van der Waals surface area contributed by atoms with Crippen LogP contribution in [0.15, 0.2) is 21.3 Å². The number of thiophene rings is 1. The van der Waals surface area contributed by atoms with Gasteiger partial charge in [-0.2, -0.15) is 0 Å². The second-order valence-electron chi connectivity index (χ2n) is 6.80. The molecule has 0 aliphatic carbocycles. The van der Waals surface area contributed by atoms with Gasteiger partial charge in [0.05, 0.1) is 6.54 Å². The average molecular weight is 389 g/mol. The fraction of sp³-hybridized carbons (Fsp3) is 0.706. The zero-order valence-corrected chi connectivity index (χ0v) is 17.8. The van der Waals surface area contributed by atoms with Crippen molar-refractivity contribution in [1.82, 2.24) is 14.9 Å². The van der Waals surface area contributed by atoms with Crippen LogP contribution in [0.25, 0.3) is 0 Å². The number of hydrogen-bond acceptors (Lipinski definition) is 4. The summed E-state index contributed by atoms with van der Waals surface area (Å²) < 4.78 is 25.8. The maximum atomic E-state index is 12.1. The normalized spacial score (nSPS) is 14.2. The van der Waals surface area contributed by atoms with Crippen LogP contribution in [0.2, 0.25) is 0 Å². The van der Waals surface area contributed by atoms with Crippen LogP contribution >= 0.6 is 11.3 Å². The number of sulfonamides is 1. The zero-order valence-electron chi connectivity index (χ0n) is 16.2. The first-order chi connectivity index (χ1) is 11.7. The molecule has 8 heteroatoms. The van der Waals surface area contributed by atoms with Crippen molar-refractivity contribution in [3.8, 4) is 0 Å². The van der Waals surface area contributed by atoms with E-state index < -0.39 is 10.0 Å². The highest BCUT2D eigenvalue weighted by atomic mass is 32.2. The lowest BCUT2D eigenvalue weighted by molar-refractivity contribution is 0.491. The standard InChI is InChI=1S/C17H32N4O2S2/c1-13(2)8-7-9-14(3)20-17(18-4)19-12-15-10-11-16(24-15)25(22,23)21(5)6/h10-11,13-14H,7-9,12H2,1-6H3,(H2,18,19,20). The molecule has 0 saturated heterocycles. The Kier molecular flexibility index (Phi) is 8.88. The number of rotatable bonds is 9. The van der Waals surface area contributed by atoms with Gasteiger partial charge in [0.25, 0.3) is 10.0 Å². The van der Waals surface area contributed by atoms with Crippen molar-refractivity contribution in [3.05, 3.63) is 17.0 Å². The molecule has 0 aliphatic rings. The van der Waals surface area contributed by atoms with Crippen molar-refractivity contribution in [2.24, 2.45) is 10.9 Å². The molecule has 25 heavy (non-hydrogen) atoms. The molecular weight excluding hydrogens is 356 g/mol. The number of aliphatic imine (C=N–C) groups is 1. The lowest BCUT2D eigenvalue weighted by Gasteiger charge is -2.18. The molecule has 0 spiro atoms. The van der Waals surface area contributed by atoms with E-state index in [-0.39, 0.29) is 0 Å². The van der Waals surface area contributed by atoms with Crippen LogP contribution in [0.3, 0.4) is 0 Å². The van der Waals surface area contributed by atoms with E-state index in [1.807, 2.05) is 6.07 Å². The van der Waals surface area contributed by atoms with Crippen LogP contribution in [0.5, 0.6) is 0 Å². The predicted molar refractivity (Wildman–Crippen MR) is 107 cm³/mol. The lowest BCUT2D eigenvalue weighted by Crippen LogP contribution is -2.41. The molecule has 2 N–H and O–H groups in total. The quantitative estimate of drug-likeness (QED) is 0.504. The second-order valence-corrected chi connectivity index (χ2v) is 10.4. The summed E-state index contributed by atoms with van der Waals surface area (Å²) in [5.74, 6) is 1.47. The summed E-state index contributed by atoms with van der Waals surface area (Å²) in [5.41, 5.74) is 0. The van der Waals surface area contributed by atoms with Crippen LogP contribution < -0.4 is 10.6 Å². The van der Waals surface area contributed by atoms with Gasteiger partial charge >= 0.3 is 0 Å². The Labute approximate surface area is 156 Å². The molecule has 0 saturated carbocycles. The minimum atomic E-state index is -3.36. The summed E-state index contributed by atoms with van der Waals surface area (Å²) in [7, 11) is 1.47. The minimum absolute atomic E-state index is 0.345. The van der Waals surface area contributed by atoms with Crippen molar-refractivity contribution < 1.29 is 8.42 Å². The first-order valence-electron chi connectivity index (χ1n) is 8.65. The van der Waals surface area contributed by atoms with Gasteiger partial charge in [-0.05, 0) is 31.4 Å². The van der Waals surface area contributed by atoms with Crippen LogP contribution in [0.4, 0.5) is 0 Å². The predicted octanol–water partition coefficient (Wildman–Crippen LogP) is 2.88. The van der Waals surface area contributed by atoms with Gasteiger partial charge in [0.15, 0.2) is 5.96 Å². The molecule has 144 valence electrons. The molecule has 1 aromatic rings. The summed E-state index contributed by atoms with van der Waals surface area (Å²) >= 11 is 1.28. The fourth-order valence-corrected chi connectivity index (χ4v) is 4.74. The van der Waals surface area contributed by atoms with Crippen molar-refractivity contribution in [1.29, 1.82) is 0 Å². The Morgan fingerprint density at radius 3 is 2.48 bits per heavy atom. The molecule has 0 bridgehead atoms. The van der Waals surface area contributed by atoms with Gasteiger partial charge in [0, 0.05) is 32.1 Å². The molecule has 0 radical (unpaired) electrons. The number of nitrogens with zero attached hydrogens (tertiary/aromatic N) is 2. The molecule has 1 atom stereocenters. The summed E-state index contributed by atoms with van der Waals surface area (Å²) in [6.07, 6.45) is 3.53. The van der Waals surface area contributed by atoms with E-state index in [1.54, 1.807) is 27.2 Å². The summed E-state index contributed by atoms with van der Waals surface area (Å²) in [4.78, 5) is 5.20. The van der Waals surface area contributed by atoms with Crippen molar-refractivity contribution in [2.45, 2.75) is 56.8 Å². The average Bonchev–Trinajstić information content (AvgIpc) is 3.00. The van der Waals surface area contributed by atoms with E-state index in [0.717, 1.165) is 23.2 Å². The van der Waals surface area contributed by atoms with E-state index in [9.17, 15) is 8.42 Å². The monoisotopic (exact) mass is 388 g/mol. The highest BCUT2D eigenvalue weighted by Crippen LogP contribution is 2.23. The van der Waals surface area contributed by atoms with Crippen LogP contribution in [-0.2, 0) is 16.6 Å². The second kappa shape index (κ2) is 10.1. The van der Waals surface area contributed by atoms with Gasteiger partial charge in [-0.25, -0.2) is 12.7 Å². The number of guanidine groups is 1. The van der Waals surface area contributed by atoms with Gasteiger partial charge in [0.2, 0.25) is 0 Å². The van der Waals surface area contributed by atoms with Gasteiger partial charge in [-0.1, -0.05) is 26.7 Å². The van der Waals surface area contributed by atoms with E-state index in [0.29, 0.717) is 16.8 Å². The van der Waals surface area contributed by atoms with E-state index in [4.69, 9.17) is 0 Å². The summed E-state index contributed by atoms with van der Waals surface area (Å²) in [6.45, 7) is 7.18. The smallest absolute Gasteiger partial charge is 0.252 e. The van der Waals surface area contributed by atoms with Gasteiger partial charge in [0.1, 0.15) is 4.21 Å². The molecule has 6 nitrogen and oxygen atoms in total. The Morgan fingerprint density at radius 2 is 1.92 bits per heavy atom. The third-order valence-corrected chi connectivity index (χ3v) is 7.20. The Bertz CT molecular complexity index is 651. The molecule has 1 aromatic heterocycles. The molecular formula is C17H32N4O2S2. The molecule has 1 rings (SSSR count). The van der Waals surface area contributed by atoms with Crippen LogP contribution in [0, 0.1) is 5.92 Å². The Hall–Kier alpha value is -1.12. The maximum absolute atomic E-state index is 12.1. The van der Waals surface area contributed by atoms with Crippen molar-refractivity contribution in [2.75, 3.05) is 21.1 Å². The van der Waals surface area contributed by atoms with Crippen molar-refractivity contribution in [3.63, 3.8) is 0 Å². The molecule has 0 aromatic carbocycles. The summed E-state index contributed by atoms with van der Waals surface area (Å²) in [6, 6.07) is 3.84. The van der Waals surface area contributed by atoms with Crippen LogP contribution in [0.1, 0.15) is 44.9 Å². The highest BCUT2D eigenvalue weighted by Gasteiger charge is 2.19. The number of hydrogen-bond donors (Lipinski definition) is 2. The maximum Gasteiger partial charge on any atom is 0.252 e. The third-order valence-electron chi connectivity index (χ3n) is 3.83. The van der Waals surface area contributed by atoms with Crippen LogP contribution in [-0.4, -0.2) is 45.9 Å². The van der Waals surface area contributed by atoms with E-state index in [1.165, 1.54) is 28.5 Å². The van der Waals surface area contributed by atoms with Gasteiger partial charge < -0.3 is 10.6 Å². The topological polar surface area (TPSA) is 73.8 Å². The fourth-order valence-electron chi connectivity index (χ4n) is 2.28. The number of nitrogens with one attached hydrogen (secondary N) is 2.